The zero-order chi connectivity index (χ0) is 21.3. The number of para-hydroxylation sites is 1. The summed E-state index contributed by atoms with van der Waals surface area (Å²) in [4.78, 5) is 16.4. The molecule has 1 aromatic carbocycles. The fourth-order valence-corrected chi connectivity index (χ4v) is 3.85. The van der Waals surface area contributed by atoms with Crippen LogP contribution in [0.3, 0.4) is 0 Å². The maximum absolute atomic E-state index is 12.2. The SMILES string of the molecule is Cc1nc2nc(Nc3cc(C#N)ccn3)cc(Nc3ccccc3S(C)(=O)=O)c2[nH]1. The zero-order valence-electron chi connectivity index (χ0n) is 16.1. The summed E-state index contributed by atoms with van der Waals surface area (Å²) in [6, 6.07) is 13.7. The monoisotopic (exact) mass is 419 g/mol. The van der Waals surface area contributed by atoms with E-state index < -0.39 is 9.84 Å². The van der Waals surface area contributed by atoms with Gasteiger partial charge in [-0.05, 0) is 31.2 Å². The highest BCUT2D eigenvalue weighted by atomic mass is 32.2. The van der Waals surface area contributed by atoms with Gasteiger partial charge in [-0.15, -0.1) is 0 Å². The Kier molecular flexibility index (Phi) is 4.81. The first-order valence-corrected chi connectivity index (χ1v) is 10.8. The maximum Gasteiger partial charge on any atom is 0.181 e. The van der Waals surface area contributed by atoms with E-state index in [-0.39, 0.29) is 4.90 Å². The highest BCUT2D eigenvalue weighted by molar-refractivity contribution is 7.90. The van der Waals surface area contributed by atoms with Crippen molar-refractivity contribution in [2.45, 2.75) is 11.8 Å². The van der Waals surface area contributed by atoms with Gasteiger partial charge in [0.05, 0.1) is 27.9 Å². The van der Waals surface area contributed by atoms with Crippen molar-refractivity contribution in [1.82, 2.24) is 19.9 Å². The first kappa shape index (κ1) is 19.4. The second-order valence-corrected chi connectivity index (χ2v) is 8.62. The van der Waals surface area contributed by atoms with Crippen LogP contribution in [0.2, 0.25) is 0 Å². The lowest BCUT2D eigenvalue weighted by Gasteiger charge is -2.13. The van der Waals surface area contributed by atoms with Gasteiger partial charge in [0.1, 0.15) is 23.0 Å². The van der Waals surface area contributed by atoms with E-state index in [9.17, 15) is 8.42 Å². The van der Waals surface area contributed by atoms with Gasteiger partial charge in [0.15, 0.2) is 15.5 Å². The zero-order valence-corrected chi connectivity index (χ0v) is 16.9. The molecule has 3 aromatic heterocycles. The molecule has 0 aliphatic rings. The largest absolute Gasteiger partial charge is 0.353 e. The van der Waals surface area contributed by atoms with Crippen molar-refractivity contribution in [1.29, 1.82) is 5.26 Å². The Hall–Kier alpha value is -3.97. The standard InChI is InChI=1S/C20H17N7O2S/c1-12-23-19-15(25-14-5-3-4-6-16(14)30(2,28)29)10-18(27-20(19)24-12)26-17-9-13(11-21)7-8-22-17/h3-10H,1-2H3,(H3,22,23,24,25,26,27). The van der Waals surface area contributed by atoms with E-state index in [1.165, 1.54) is 6.20 Å². The average Bonchev–Trinajstić information content (AvgIpc) is 3.08. The van der Waals surface area contributed by atoms with E-state index in [1.54, 1.807) is 49.4 Å². The van der Waals surface area contributed by atoms with Gasteiger partial charge in [0, 0.05) is 18.5 Å². The summed E-state index contributed by atoms with van der Waals surface area (Å²) in [6.45, 7) is 1.81. The molecule has 0 unspecified atom stereocenters. The number of hydrogen-bond acceptors (Lipinski definition) is 8. The summed E-state index contributed by atoms with van der Waals surface area (Å²) in [5.41, 5.74) is 2.59. The molecule has 150 valence electrons. The number of imidazole rings is 1. The predicted molar refractivity (Wildman–Crippen MR) is 114 cm³/mol. The van der Waals surface area contributed by atoms with Crippen LogP contribution in [0.5, 0.6) is 0 Å². The highest BCUT2D eigenvalue weighted by Gasteiger charge is 2.16. The molecule has 30 heavy (non-hydrogen) atoms. The number of fused-ring (bicyclic) bond motifs is 1. The number of benzene rings is 1. The van der Waals surface area contributed by atoms with Crippen molar-refractivity contribution < 1.29 is 8.42 Å². The van der Waals surface area contributed by atoms with Gasteiger partial charge in [-0.1, -0.05) is 12.1 Å². The number of nitrogens with zero attached hydrogens (tertiary/aromatic N) is 4. The predicted octanol–water partition coefficient (Wildman–Crippen LogP) is 3.42. The Bertz CT molecular complexity index is 1400. The lowest BCUT2D eigenvalue weighted by atomic mass is 10.2. The molecule has 10 heteroatoms. The van der Waals surface area contributed by atoms with Gasteiger partial charge in [-0.3, -0.25) is 0 Å². The Morgan fingerprint density at radius 2 is 1.83 bits per heavy atom. The van der Waals surface area contributed by atoms with Crippen molar-refractivity contribution in [2.24, 2.45) is 0 Å². The molecule has 0 bridgehead atoms. The number of nitriles is 1. The lowest BCUT2D eigenvalue weighted by Crippen LogP contribution is -2.04. The highest BCUT2D eigenvalue weighted by Crippen LogP contribution is 2.31. The molecular formula is C20H17N7O2S. The Balaban J connectivity index is 1.79. The summed E-state index contributed by atoms with van der Waals surface area (Å²) in [7, 11) is -3.43. The van der Waals surface area contributed by atoms with Gasteiger partial charge >= 0.3 is 0 Å². The normalized spacial score (nSPS) is 11.2. The second kappa shape index (κ2) is 7.46. The van der Waals surface area contributed by atoms with Gasteiger partial charge < -0.3 is 15.6 Å². The Morgan fingerprint density at radius 1 is 1.03 bits per heavy atom. The number of rotatable bonds is 5. The number of pyridine rings is 2. The smallest absolute Gasteiger partial charge is 0.181 e. The minimum absolute atomic E-state index is 0.184. The van der Waals surface area contributed by atoms with Crippen LogP contribution in [0.4, 0.5) is 23.0 Å². The van der Waals surface area contributed by atoms with Crippen molar-refractivity contribution in [3.63, 3.8) is 0 Å². The van der Waals surface area contributed by atoms with Crippen LogP contribution in [-0.2, 0) is 9.84 Å². The first-order chi connectivity index (χ1) is 14.3. The molecule has 0 saturated heterocycles. The molecule has 4 aromatic rings. The summed E-state index contributed by atoms with van der Waals surface area (Å²) in [6.07, 6.45) is 2.69. The second-order valence-electron chi connectivity index (χ2n) is 6.64. The number of H-pyrrole nitrogens is 1. The van der Waals surface area contributed by atoms with Crippen molar-refractivity contribution in [3.05, 3.63) is 60.0 Å². The van der Waals surface area contributed by atoms with Crippen LogP contribution < -0.4 is 10.6 Å². The minimum Gasteiger partial charge on any atom is -0.353 e. The molecule has 0 fully saturated rings. The number of aryl methyl sites for hydroxylation is 1. The number of aromatic amines is 1. The van der Waals surface area contributed by atoms with Crippen molar-refractivity contribution in [2.75, 3.05) is 16.9 Å². The topological polar surface area (TPSA) is 136 Å². The molecule has 0 saturated carbocycles. The van der Waals surface area contributed by atoms with E-state index in [1.807, 2.05) is 0 Å². The molecule has 0 spiro atoms. The van der Waals surface area contributed by atoms with E-state index in [4.69, 9.17) is 5.26 Å². The van der Waals surface area contributed by atoms with Gasteiger partial charge in [-0.25, -0.2) is 23.4 Å². The number of nitrogens with one attached hydrogen (secondary N) is 3. The summed E-state index contributed by atoms with van der Waals surface area (Å²) in [5.74, 6) is 1.56. The fourth-order valence-electron chi connectivity index (χ4n) is 3.00. The number of hydrogen-bond donors (Lipinski definition) is 3. The van der Waals surface area contributed by atoms with Gasteiger partial charge in [-0.2, -0.15) is 5.26 Å². The molecule has 0 radical (unpaired) electrons. The van der Waals surface area contributed by atoms with E-state index in [0.717, 1.165) is 6.26 Å². The molecule has 0 aliphatic heterocycles. The van der Waals surface area contributed by atoms with Crippen LogP contribution in [0.25, 0.3) is 11.2 Å². The minimum atomic E-state index is -3.43. The van der Waals surface area contributed by atoms with E-state index in [2.05, 4.69) is 36.6 Å². The third-order valence-electron chi connectivity index (χ3n) is 4.28. The molecule has 0 amide bonds. The van der Waals surface area contributed by atoms with Gasteiger partial charge in [0.25, 0.3) is 0 Å². The first-order valence-electron chi connectivity index (χ1n) is 8.90. The molecule has 0 aliphatic carbocycles. The fraction of sp³-hybridized carbons (Fsp3) is 0.100. The van der Waals surface area contributed by atoms with Crippen molar-refractivity contribution >= 4 is 44.0 Å². The lowest BCUT2D eigenvalue weighted by molar-refractivity contribution is 0.602. The molecule has 9 nitrogen and oxygen atoms in total. The number of anilines is 4. The van der Waals surface area contributed by atoms with Crippen LogP contribution in [0.1, 0.15) is 11.4 Å². The number of aromatic nitrogens is 4. The average molecular weight is 419 g/mol. The summed E-state index contributed by atoms with van der Waals surface area (Å²) < 4.78 is 24.3. The van der Waals surface area contributed by atoms with Crippen LogP contribution >= 0.6 is 0 Å². The quantitative estimate of drug-likeness (QED) is 0.447. The molecule has 3 N–H and O–H groups in total. The maximum atomic E-state index is 12.2. The van der Waals surface area contributed by atoms with Crippen molar-refractivity contribution in [3.8, 4) is 6.07 Å². The Morgan fingerprint density at radius 3 is 2.60 bits per heavy atom. The third-order valence-corrected chi connectivity index (χ3v) is 5.44. The summed E-state index contributed by atoms with van der Waals surface area (Å²) >= 11 is 0. The van der Waals surface area contributed by atoms with Crippen LogP contribution in [0.15, 0.2) is 53.6 Å². The number of sulfone groups is 1. The third kappa shape index (κ3) is 3.92. The molecule has 3 heterocycles. The van der Waals surface area contributed by atoms with E-state index in [0.29, 0.717) is 45.6 Å². The van der Waals surface area contributed by atoms with Gasteiger partial charge in [0.2, 0.25) is 0 Å². The molecule has 0 atom stereocenters. The van der Waals surface area contributed by atoms with Crippen LogP contribution in [-0.4, -0.2) is 34.6 Å². The summed E-state index contributed by atoms with van der Waals surface area (Å²) in [5, 5.41) is 15.3. The molecule has 4 rings (SSSR count). The van der Waals surface area contributed by atoms with E-state index >= 15 is 0 Å². The molecular weight excluding hydrogens is 402 g/mol. The van der Waals surface area contributed by atoms with Crippen LogP contribution in [0, 0.1) is 18.3 Å². The Labute approximate surface area is 172 Å².